The lowest BCUT2D eigenvalue weighted by atomic mass is 9.90. The second-order valence-corrected chi connectivity index (χ2v) is 6.13. The van der Waals surface area contributed by atoms with Gasteiger partial charge in [0.15, 0.2) is 5.78 Å². The van der Waals surface area contributed by atoms with Crippen LogP contribution in [0.25, 0.3) is 11.1 Å². The Hall–Kier alpha value is -3.98. The molecule has 3 aromatic carbocycles. The number of halogens is 1. The number of ether oxygens (including phenoxy) is 1. The molecule has 6 heteroatoms. The quantitative estimate of drug-likeness (QED) is 0.514. The first-order valence-electron chi connectivity index (χ1n) is 8.80. The lowest BCUT2D eigenvalue weighted by Crippen LogP contribution is -2.11. The molecular formula is C23H16FNO4. The van der Waals surface area contributed by atoms with Gasteiger partial charge in [-0.25, -0.2) is 9.18 Å². The Morgan fingerprint density at radius 3 is 2.38 bits per heavy atom. The minimum absolute atomic E-state index is 0.0104. The summed E-state index contributed by atoms with van der Waals surface area (Å²) >= 11 is 0. The fourth-order valence-electron chi connectivity index (χ4n) is 2.98. The van der Waals surface area contributed by atoms with Crippen molar-refractivity contribution in [2.24, 2.45) is 0 Å². The van der Waals surface area contributed by atoms with E-state index in [0.717, 1.165) is 0 Å². The number of phenols is 1. The number of benzene rings is 3. The van der Waals surface area contributed by atoms with Gasteiger partial charge in [0.05, 0.1) is 29.4 Å². The van der Waals surface area contributed by atoms with E-state index in [0.29, 0.717) is 5.56 Å². The molecule has 0 radical (unpaired) electrons. The third-order valence-corrected chi connectivity index (χ3v) is 4.30. The maximum Gasteiger partial charge on any atom is 0.338 e. The standard InChI is InChI=1S/C23H16FNO4/c1-2-29-23(28)19-12-15(22(27)18-5-3-4-6-20(18)26)11-16(13-25)21(19)14-7-9-17(24)10-8-14/h3-12,26H,2H2,1H3. The van der Waals surface area contributed by atoms with Crippen molar-refractivity contribution in [1.82, 2.24) is 0 Å². The van der Waals surface area contributed by atoms with Gasteiger partial charge in [-0.1, -0.05) is 24.3 Å². The van der Waals surface area contributed by atoms with E-state index in [4.69, 9.17) is 4.74 Å². The maximum atomic E-state index is 13.3. The molecule has 29 heavy (non-hydrogen) atoms. The van der Waals surface area contributed by atoms with Crippen LogP contribution in [-0.2, 0) is 4.74 Å². The molecule has 5 nitrogen and oxygen atoms in total. The summed E-state index contributed by atoms with van der Waals surface area (Å²) in [5.41, 5.74) is 0.849. The second-order valence-electron chi connectivity index (χ2n) is 6.13. The van der Waals surface area contributed by atoms with Crippen LogP contribution in [0.1, 0.15) is 38.8 Å². The highest BCUT2D eigenvalue weighted by molar-refractivity contribution is 6.13. The molecule has 0 atom stereocenters. The molecule has 0 aliphatic rings. The van der Waals surface area contributed by atoms with E-state index in [1.165, 1.54) is 48.5 Å². The number of hydrogen-bond donors (Lipinski definition) is 1. The molecule has 0 spiro atoms. The molecule has 0 unspecified atom stereocenters. The van der Waals surface area contributed by atoms with Gasteiger partial charge < -0.3 is 9.84 Å². The van der Waals surface area contributed by atoms with Crippen molar-refractivity contribution in [2.45, 2.75) is 6.92 Å². The first kappa shape index (κ1) is 19.8. The monoisotopic (exact) mass is 389 g/mol. The SMILES string of the molecule is CCOC(=O)c1cc(C(=O)c2ccccc2O)cc(C#N)c1-c1ccc(F)cc1. The average Bonchev–Trinajstić information content (AvgIpc) is 2.73. The van der Waals surface area contributed by atoms with Crippen LogP contribution >= 0.6 is 0 Å². The highest BCUT2D eigenvalue weighted by atomic mass is 19.1. The van der Waals surface area contributed by atoms with Gasteiger partial charge in [-0.2, -0.15) is 5.26 Å². The van der Waals surface area contributed by atoms with Crippen LogP contribution in [0.15, 0.2) is 60.7 Å². The average molecular weight is 389 g/mol. The van der Waals surface area contributed by atoms with Crippen molar-refractivity contribution >= 4 is 11.8 Å². The van der Waals surface area contributed by atoms with E-state index >= 15 is 0 Å². The Labute approximate surface area is 166 Å². The van der Waals surface area contributed by atoms with Gasteiger partial charge in [-0.05, 0) is 48.9 Å². The molecule has 3 aromatic rings. The molecule has 0 aromatic heterocycles. The number of para-hydroxylation sites is 1. The number of hydrogen-bond acceptors (Lipinski definition) is 5. The first-order chi connectivity index (χ1) is 14.0. The van der Waals surface area contributed by atoms with Crippen LogP contribution in [-0.4, -0.2) is 23.5 Å². The molecule has 0 aliphatic carbocycles. The van der Waals surface area contributed by atoms with Crippen LogP contribution in [0, 0.1) is 17.1 Å². The number of carbonyl (C=O) groups is 2. The number of rotatable bonds is 5. The first-order valence-corrected chi connectivity index (χ1v) is 8.80. The lowest BCUT2D eigenvalue weighted by molar-refractivity contribution is 0.0527. The fourth-order valence-corrected chi connectivity index (χ4v) is 2.98. The predicted octanol–water partition coefficient (Wildman–Crippen LogP) is 4.48. The van der Waals surface area contributed by atoms with Crippen LogP contribution in [0.3, 0.4) is 0 Å². The van der Waals surface area contributed by atoms with Gasteiger partial charge in [0, 0.05) is 11.1 Å². The molecule has 0 aliphatic heterocycles. The van der Waals surface area contributed by atoms with Crippen LogP contribution < -0.4 is 0 Å². The van der Waals surface area contributed by atoms with Crippen LogP contribution in [0.5, 0.6) is 5.75 Å². The maximum absolute atomic E-state index is 13.3. The molecule has 0 heterocycles. The predicted molar refractivity (Wildman–Crippen MR) is 104 cm³/mol. The van der Waals surface area contributed by atoms with E-state index in [2.05, 4.69) is 0 Å². The number of nitrogens with zero attached hydrogens (tertiary/aromatic N) is 1. The van der Waals surface area contributed by atoms with Crippen molar-refractivity contribution in [3.8, 4) is 22.9 Å². The number of nitriles is 1. The van der Waals surface area contributed by atoms with E-state index < -0.39 is 17.6 Å². The molecule has 0 saturated heterocycles. The largest absolute Gasteiger partial charge is 0.507 e. The smallest absolute Gasteiger partial charge is 0.338 e. The highest BCUT2D eigenvalue weighted by Crippen LogP contribution is 2.31. The molecule has 144 valence electrons. The van der Waals surface area contributed by atoms with Crippen molar-refractivity contribution < 1.29 is 23.8 Å². The Balaban J connectivity index is 2.24. The summed E-state index contributed by atoms with van der Waals surface area (Å²) in [5.74, 6) is -1.93. The summed E-state index contributed by atoms with van der Waals surface area (Å²) in [4.78, 5) is 25.5. The minimum Gasteiger partial charge on any atom is -0.507 e. The fraction of sp³-hybridized carbons (Fsp3) is 0.0870. The number of carbonyl (C=O) groups excluding carboxylic acids is 2. The topological polar surface area (TPSA) is 87.4 Å². The van der Waals surface area contributed by atoms with Crippen molar-refractivity contribution in [1.29, 1.82) is 5.26 Å². The number of aromatic hydroxyl groups is 1. The zero-order chi connectivity index (χ0) is 21.0. The number of ketones is 1. The zero-order valence-electron chi connectivity index (χ0n) is 15.5. The molecule has 0 amide bonds. The molecule has 3 rings (SSSR count). The van der Waals surface area contributed by atoms with Gasteiger partial charge in [0.1, 0.15) is 11.6 Å². The minimum atomic E-state index is -0.713. The summed E-state index contributed by atoms with van der Waals surface area (Å²) < 4.78 is 18.4. The Morgan fingerprint density at radius 2 is 1.76 bits per heavy atom. The number of phenolic OH excluding ortho intramolecular Hbond substituents is 1. The van der Waals surface area contributed by atoms with Crippen molar-refractivity contribution in [3.63, 3.8) is 0 Å². The summed E-state index contributed by atoms with van der Waals surface area (Å²) in [6.07, 6.45) is 0. The zero-order valence-corrected chi connectivity index (χ0v) is 15.5. The van der Waals surface area contributed by atoms with E-state index in [1.54, 1.807) is 19.1 Å². The van der Waals surface area contributed by atoms with E-state index in [9.17, 15) is 24.3 Å². The van der Waals surface area contributed by atoms with Gasteiger partial charge in [-0.3, -0.25) is 4.79 Å². The van der Waals surface area contributed by atoms with Gasteiger partial charge in [-0.15, -0.1) is 0 Å². The Bertz CT molecular complexity index is 1130. The van der Waals surface area contributed by atoms with Gasteiger partial charge >= 0.3 is 5.97 Å². The Morgan fingerprint density at radius 1 is 1.07 bits per heavy atom. The summed E-state index contributed by atoms with van der Waals surface area (Å²) in [6, 6.07) is 16.0. The summed E-state index contributed by atoms with van der Waals surface area (Å²) in [5, 5.41) is 19.6. The second kappa shape index (κ2) is 8.36. The molecule has 0 bridgehead atoms. The van der Waals surface area contributed by atoms with Crippen LogP contribution in [0.2, 0.25) is 0 Å². The van der Waals surface area contributed by atoms with E-state index in [1.807, 2.05) is 6.07 Å². The van der Waals surface area contributed by atoms with Gasteiger partial charge in [0.2, 0.25) is 0 Å². The third-order valence-electron chi connectivity index (χ3n) is 4.30. The van der Waals surface area contributed by atoms with Crippen molar-refractivity contribution in [2.75, 3.05) is 6.61 Å². The lowest BCUT2D eigenvalue weighted by Gasteiger charge is -2.14. The molecular weight excluding hydrogens is 373 g/mol. The highest BCUT2D eigenvalue weighted by Gasteiger charge is 2.23. The van der Waals surface area contributed by atoms with Gasteiger partial charge in [0.25, 0.3) is 0 Å². The Kier molecular flexibility index (Phi) is 5.70. The normalized spacial score (nSPS) is 10.2. The summed E-state index contributed by atoms with van der Waals surface area (Å²) in [6.45, 7) is 1.74. The van der Waals surface area contributed by atoms with Crippen molar-refractivity contribution in [3.05, 3.63) is 88.7 Å². The third kappa shape index (κ3) is 3.99. The summed E-state index contributed by atoms with van der Waals surface area (Å²) in [7, 11) is 0. The molecule has 0 saturated carbocycles. The van der Waals surface area contributed by atoms with E-state index in [-0.39, 0.29) is 40.2 Å². The van der Waals surface area contributed by atoms with Crippen LogP contribution in [0.4, 0.5) is 4.39 Å². The molecule has 0 fully saturated rings. The number of esters is 1. The molecule has 1 N–H and O–H groups in total.